The van der Waals surface area contributed by atoms with Crippen molar-refractivity contribution in [2.24, 2.45) is 0 Å². The third-order valence-corrected chi connectivity index (χ3v) is 4.45. The lowest BCUT2D eigenvalue weighted by molar-refractivity contribution is 0.410. The first kappa shape index (κ1) is 14.5. The maximum Gasteiger partial charge on any atom is 0.125 e. The SMILES string of the molecule is COc1cccc(Cl)c1CNc1ccc(C)c(I)c1. The average Bonchev–Trinajstić information content (AvgIpc) is 2.41. The number of anilines is 1. The molecule has 4 heteroatoms. The lowest BCUT2D eigenvalue weighted by Gasteiger charge is -2.12. The maximum atomic E-state index is 6.21. The van der Waals surface area contributed by atoms with Crippen LogP contribution >= 0.6 is 34.2 Å². The molecular formula is C15H15ClINO. The van der Waals surface area contributed by atoms with Gasteiger partial charge in [0.1, 0.15) is 5.75 Å². The molecule has 0 amide bonds. The maximum absolute atomic E-state index is 6.21. The van der Waals surface area contributed by atoms with Gasteiger partial charge in [0.25, 0.3) is 0 Å². The molecule has 0 heterocycles. The van der Waals surface area contributed by atoms with Crippen molar-refractivity contribution in [2.45, 2.75) is 13.5 Å². The predicted molar refractivity (Wildman–Crippen MR) is 89.2 cm³/mol. The molecule has 1 N–H and O–H groups in total. The van der Waals surface area contributed by atoms with Gasteiger partial charge in [-0.15, -0.1) is 0 Å². The van der Waals surface area contributed by atoms with Crippen LogP contribution in [-0.4, -0.2) is 7.11 Å². The van der Waals surface area contributed by atoms with E-state index in [4.69, 9.17) is 16.3 Å². The molecule has 2 rings (SSSR count). The Bertz CT molecular complexity index is 586. The summed E-state index contributed by atoms with van der Waals surface area (Å²) in [5, 5.41) is 4.09. The lowest BCUT2D eigenvalue weighted by atomic mass is 10.2. The number of rotatable bonds is 4. The fourth-order valence-corrected chi connectivity index (χ4v) is 2.54. The van der Waals surface area contributed by atoms with Crippen molar-refractivity contribution >= 4 is 39.9 Å². The summed E-state index contributed by atoms with van der Waals surface area (Å²) in [6.07, 6.45) is 0. The Morgan fingerprint density at radius 2 is 2.05 bits per heavy atom. The molecule has 2 aromatic rings. The van der Waals surface area contributed by atoms with Crippen molar-refractivity contribution in [1.82, 2.24) is 0 Å². The summed E-state index contributed by atoms with van der Waals surface area (Å²) >= 11 is 8.54. The Labute approximate surface area is 132 Å². The van der Waals surface area contributed by atoms with Crippen LogP contribution in [0.2, 0.25) is 5.02 Å². The molecular weight excluding hydrogens is 373 g/mol. The standard InChI is InChI=1S/C15H15ClINO/c1-10-6-7-11(8-14(10)17)18-9-12-13(16)4-3-5-15(12)19-2/h3-8,18H,9H2,1-2H3. The topological polar surface area (TPSA) is 21.3 Å². The van der Waals surface area contributed by atoms with E-state index in [9.17, 15) is 0 Å². The Morgan fingerprint density at radius 1 is 1.26 bits per heavy atom. The fourth-order valence-electron chi connectivity index (χ4n) is 1.79. The summed E-state index contributed by atoms with van der Waals surface area (Å²) in [6, 6.07) is 12.0. The highest BCUT2D eigenvalue weighted by Gasteiger charge is 2.07. The molecule has 19 heavy (non-hydrogen) atoms. The predicted octanol–water partition coefficient (Wildman–Crippen LogP) is 4.87. The molecule has 0 spiro atoms. The number of methoxy groups -OCH3 is 1. The van der Waals surface area contributed by atoms with Crippen LogP contribution in [0.5, 0.6) is 5.75 Å². The molecule has 2 nitrogen and oxygen atoms in total. The van der Waals surface area contributed by atoms with E-state index >= 15 is 0 Å². The van der Waals surface area contributed by atoms with Gasteiger partial charge in [0.05, 0.1) is 7.11 Å². The number of benzene rings is 2. The van der Waals surface area contributed by atoms with E-state index in [0.717, 1.165) is 17.0 Å². The second kappa shape index (κ2) is 6.48. The largest absolute Gasteiger partial charge is 0.496 e. The Balaban J connectivity index is 2.16. The van der Waals surface area contributed by atoms with Gasteiger partial charge in [-0.2, -0.15) is 0 Å². The van der Waals surface area contributed by atoms with Crippen LogP contribution in [0.4, 0.5) is 5.69 Å². The quantitative estimate of drug-likeness (QED) is 0.756. The normalized spacial score (nSPS) is 10.3. The van der Waals surface area contributed by atoms with E-state index in [1.807, 2.05) is 18.2 Å². The van der Waals surface area contributed by atoms with Crippen molar-refractivity contribution in [3.05, 3.63) is 56.1 Å². The third kappa shape index (κ3) is 3.54. The molecule has 0 bridgehead atoms. The summed E-state index contributed by atoms with van der Waals surface area (Å²) in [5.41, 5.74) is 3.33. The fraction of sp³-hybridized carbons (Fsp3) is 0.200. The summed E-state index contributed by atoms with van der Waals surface area (Å²) < 4.78 is 6.58. The van der Waals surface area contributed by atoms with Crippen molar-refractivity contribution in [3.8, 4) is 5.75 Å². The highest BCUT2D eigenvalue weighted by molar-refractivity contribution is 14.1. The van der Waals surface area contributed by atoms with Crippen LogP contribution in [0.15, 0.2) is 36.4 Å². The summed E-state index contributed by atoms with van der Waals surface area (Å²) in [7, 11) is 1.66. The molecule has 0 unspecified atom stereocenters. The van der Waals surface area contributed by atoms with Gasteiger partial charge in [-0.05, 0) is 59.3 Å². The number of halogens is 2. The second-order valence-electron chi connectivity index (χ2n) is 4.24. The molecule has 0 aliphatic carbocycles. The van der Waals surface area contributed by atoms with Crippen LogP contribution in [0.3, 0.4) is 0 Å². The van der Waals surface area contributed by atoms with Crippen LogP contribution in [0.25, 0.3) is 0 Å². The van der Waals surface area contributed by atoms with E-state index in [0.29, 0.717) is 11.6 Å². The molecule has 0 saturated carbocycles. The van der Waals surface area contributed by atoms with Crippen molar-refractivity contribution in [1.29, 1.82) is 0 Å². The number of aryl methyl sites for hydroxylation is 1. The molecule has 0 saturated heterocycles. The van der Waals surface area contributed by atoms with Crippen molar-refractivity contribution < 1.29 is 4.74 Å². The first-order valence-electron chi connectivity index (χ1n) is 5.93. The zero-order valence-electron chi connectivity index (χ0n) is 10.8. The molecule has 0 fully saturated rings. The number of hydrogen-bond donors (Lipinski definition) is 1. The van der Waals surface area contributed by atoms with Gasteiger partial charge < -0.3 is 10.1 Å². The number of ether oxygens (including phenoxy) is 1. The van der Waals surface area contributed by atoms with Crippen LogP contribution in [-0.2, 0) is 6.54 Å². The molecule has 0 aliphatic heterocycles. The molecule has 0 aliphatic rings. The molecule has 0 atom stereocenters. The van der Waals surface area contributed by atoms with Crippen molar-refractivity contribution in [3.63, 3.8) is 0 Å². The zero-order chi connectivity index (χ0) is 13.8. The highest BCUT2D eigenvalue weighted by Crippen LogP contribution is 2.27. The van der Waals surface area contributed by atoms with Crippen molar-refractivity contribution in [2.75, 3.05) is 12.4 Å². The van der Waals surface area contributed by atoms with E-state index < -0.39 is 0 Å². The van der Waals surface area contributed by atoms with Gasteiger partial charge in [-0.1, -0.05) is 23.7 Å². The summed E-state index contributed by atoms with van der Waals surface area (Å²) in [5.74, 6) is 0.807. The number of nitrogens with one attached hydrogen (secondary N) is 1. The summed E-state index contributed by atoms with van der Waals surface area (Å²) in [4.78, 5) is 0. The van der Waals surface area contributed by atoms with E-state index in [-0.39, 0.29) is 0 Å². The van der Waals surface area contributed by atoms with Crippen LogP contribution < -0.4 is 10.1 Å². The van der Waals surface area contributed by atoms with Gasteiger partial charge in [0.2, 0.25) is 0 Å². The van der Waals surface area contributed by atoms with Gasteiger partial charge in [0, 0.05) is 26.4 Å². The Kier molecular flexibility index (Phi) is 4.93. The van der Waals surface area contributed by atoms with E-state index in [1.54, 1.807) is 7.11 Å². The zero-order valence-corrected chi connectivity index (χ0v) is 13.7. The highest BCUT2D eigenvalue weighted by atomic mass is 127. The monoisotopic (exact) mass is 387 g/mol. The van der Waals surface area contributed by atoms with E-state index in [2.05, 4.69) is 53.0 Å². The van der Waals surface area contributed by atoms with Gasteiger partial charge in [-0.25, -0.2) is 0 Å². The first-order valence-corrected chi connectivity index (χ1v) is 7.39. The number of hydrogen-bond acceptors (Lipinski definition) is 2. The Morgan fingerprint density at radius 3 is 2.74 bits per heavy atom. The average molecular weight is 388 g/mol. The molecule has 2 aromatic carbocycles. The minimum Gasteiger partial charge on any atom is -0.496 e. The molecule has 0 radical (unpaired) electrons. The van der Waals surface area contributed by atoms with Gasteiger partial charge in [-0.3, -0.25) is 0 Å². The lowest BCUT2D eigenvalue weighted by Crippen LogP contribution is -2.03. The van der Waals surface area contributed by atoms with Crippen LogP contribution in [0, 0.1) is 10.5 Å². The molecule has 0 aromatic heterocycles. The minimum absolute atomic E-state index is 0.641. The molecule has 100 valence electrons. The smallest absolute Gasteiger partial charge is 0.125 e. The summed E-state index contributed by atoms with van der Waals surface area (Å²) in [6.45, 7) is 2.74. The Hall–Kier alpha value is -0.940. The third-order valence-electron chi connectivity index (χ3n) is 2.94. The minimum atomic E-state index is 0.641. The van der Waals surface area contributed by atoms with Gasteiger partial charge >= 0.3 is 0 Å². The second-order valence-corrected chi connectivity index (χ2v) is 5.81. The van der Waals surface area contributed by atoms with Gasteiger partial charge in [0.15, 0.2) is 0 Å². The van der Waals surface area contributed by atoms with E-state index in [1.165, 1.54) is 9.13 Å². The van der Waals surface area contributed by atoms with Crippen LogP contribution in [0.1, 0.15) is 11.1 Å². The first-order chi connectivity index (χ1) is 9.11.